The molecule has 1 amide bonds. The summed E-state index contributed by atoms with van der Waals surface area (Å²) in [6.07, 6.45) is -2.98. The number of rotatable bonds is 4. The third-order valence-electron chi connectivity index (χ3n) is 6.02. The van der Waals surface area contributed by atoms with Crippen molar-refractivity contribution in [3.8, 4) is 0 Å². The highest BCUT2D eigenvalue weighted by Gasteiger charge is 2.38. The second-order valence-corrected chi connectivity index (χ2v) is 8.85. The maximum Gasteiger partial charge on any atom is 0.433 e. The zero-order chi connectivity index (χ0) is 23.3. The van der Waals surface area contributed by atoms with Gasteiger partial charge >= 0.3 is 6.18 Å². The molecule has 0 spiro atoms. The summed E-state index contributed by atoms with van der Waals surface area (Å²) in [7, 11) is 0. The SMILES string of the molecule is O=C(c1cc2nc(C3CC3)cc(C(F)(F)F)n2n1)N1CCN(Cc2ccc(F)cc2Cl)CC1. The lowest BCUT2D eigenvalue weighted by atomic mass is 10.2. The zero-order valence-corrected chi connectivity index (χ0v) is 18.2. The van der Waals surface area contributed by atoms with Gasteiger partial charge in [-0.1, -0.05) is 17.7 Å². The molecule has 3 aromatic rings. The largest absolute Gasteiger partial charge is 0.433 e. The third kappa shape index (κ3) is 4.54. The van der Waals surface area contributed by atoms with Crippen LogP contribution in [0.2, 0.25) is 5.02 Å². The number of fused-ring (bicyclic) bond motifs is 1. The molecule has 3 heterocycles. The van der Waals surface area contributed by atoms with Gasteiger partial charge in [0.25, 0.3) is 5.91 Å². The van der Waals surface area contributed by atoms with Crippen LogP contribution in [0.25, 0.3) is 5.65 Å². The van der Waals surface area contributed by atoms with Gasteiger partial charge in [0.2, 0.25) is 0 Å². The fourth-order valence-corrected chi connectivity index (χ4v) is 4.28. The molecule has 1 saturated carbocycles. The Balaban J connectivity index is 1.31. The Hall–Kier alpha value is -2.72. The fraction of sp³-hybridized carbons (Fsp3) is 0.409. The summed E-state index contributed by atoms with van der Waals surface area (Å²) < 4.78 is 54.8. The van der Waals surface area contributed by atoms with Crippen LogP contribution in [-0.2, 0) is 12.7 Å². The van der Waals surface area contributed by atoms with Crippen LogP contribution in [0.15, 0.2) is 30.3 Å². The van der Waals surface area contributed by atoms with Crippen molar-refractivity contribution < 1.29 is 22.4 Å². The van der Waals surface area contributed by atoms with Crippen LogP contribution in [0.5, 0.6) is 0 Å². The number of piperazine rings is 1. The molecule has 2 aliphatic rings. The van der Waals surface area contributed by atoms with Crippen LogP contribution in [0.3, 0.4) is 0 Å². The lowest BCUT2D eigenvalue weighted by Gasteiger charge is -2.34. The molecule has 0 radical (unpaired) electrons. The Kier molecular flexibility index (Phi) is 5.52. The van der Waals surface area contributed by atoms with E-state index in [1.807, 2.05) is 0 Å². The van der Waals surface area contributed by atoms with Gasteiger partial charge in [-0.05, 0) is 36.6 Å². The molecular weight excluding hydrogens is 462 g/mol. The molecule has 0 bridgehead atoms. The Labute approximate surface area is 191 Å². The first kappa shape index (κ1) is 22.1. The molecule has 2 aromatic heterocycles. The molecule has 1 aliphatic carbocycles. The van der Waals surface area contributed by atoms with Gasteiger partial charge in [-0.2, -0.15) is 18.3 Å². The number of halogens is 5. The van der Waals surface area contributed by atoms with E-state index < -0.39 is 23.6 Å². The monoisotopic (exact) mass is 481 g/mol. The van der Waals surface area contributed by atoms with E-state index in [-0.39, 0.29) is 17.3 Å². The van der Waals surface area contributed by atoms with Crippen LogP contribution in [0.4, 0.5) is 17.6 Å². The number of amides is 1. The Morgan fingerprint density at radius 1 is 1.09 bits per heavy atom. The van der Waals surface area contributed by atoms with Crippen LogP contribution in [0, 0.1) is 5.82 Å². The van der Waals surface area contributed by atoms with Gasteiger partial charge in [0.05, 0.1) is 0 Å². The molecule has 1 saturated heterocycles. The molecule has 1 aliphatic heterocycles. The zero-order valence-electron chi connectivity index (χ0n) is 17.4. The van der Waals surface area contributed by atoms with E-state index in [9.17, 15) is 22.4 Å². The number of benzene rings is 1. The van der Waals surface area contributed by atoms with E-state index in [0.717, 1.165) is 24.5 Å². The molecule has 33 heavy (non-hydrogen) atoms. The van der Waals surface area contributed by atoms with Gasteiger partial charge in [-0.3, -0.25) is 9.69 Å². The van der Waals surface area contributed by atoms with Gasteiger partial charge in [0, 0.05) is 55.4 Å². The highest BCUT2D eigenvalue weighted by Crippen LogP contribution is 2.41. The molecule has 0 atom stereocenters. The first-order chi connectivity index (χ1) is 15.7. The molecule has 11 heteroatoms. The van der Waals surface area contributed by atoms with Crippen molar-refractivity contribution in [2.45, 2.75) is 31.5 Å². The van der Waals surface area contributed by atoms with Gasteiger partial charge in [0.15, 0.2) is 11.3 Å². The average Bonchev–Trinajstić information content (AvgIpc) is 3.53. The number of alkyl halides is 3. The van der Waals surface area contributed by atoms with E-state index in [1.165, 1.54) is 18.2 Å². The van der Waals surface area contributed by atoms with Crippen LogP contribution in [-0.4, -0.2) is 56.5 Å². The molecular formula is C22H20ClF4N5O. The van der Waals surface area contributed by atoms with Gasteiger partial charge in [0.1, 0.15) is 11.5 Å². The summed E-state index contributed by atoms with van der Waals surface area (Å²) in [5, 5.41) is 4.30. The van der Waals surface area contributed by atoms with Crippen molar-refractivity contribution in [3.05, 3.63) is 63.8 Å². The maximum atomic E-state index is 13.6. The normalized spacial score (nSPS) is 17.7. The van der Waals surface area contributed by atoms with Gasteiger partial charge in [-0.15, -0.1) is 0 Å². The van der Waals surface area contributed by atoms with E-state index >= 15 is 0 Å². The van der Waals surface area contributed by atoms with Crippen molar-refractivity contribution in [2.75, 3.05) is 26.2 Å². The molecule has 1 aromatic carbocycles. The van der Waals surface area contributed by atoms with Crippen LogP contribution in [0.1, 0.15) is 46.2 Å². The standard InChI is InChI=1S/C22H20ClF4N5O/c23-16-9-15(24)4-3-14(16)12-30-5-7-31(8-6-30)21(33)18-11-20-28-17(13-1-2-13)10-19(22(25,26)27)32(20)29-18/h3-4,9-11,13H,1-2,5-8,12H2. The fourth-order valence-electron chi connectivity index (χ4n) is 4.05. The topological polar surface area (TPSA) is 53.7 Å². The van der Waals surface area contributed by atoms with E-state index in [1.54, 1.807) is 11.0 Å². The number of aromatic nitrogens is 3. The van der Waals surface area contributed by atoms with Crippen molar-refractivity contribution >= 4 is 23.2 Å². The lowest BCUT2D eigenvalue weighted by molar-refractivity contribution is -0.142. The first-order valence-electron chi connectivity index (χ1n) is 10.6. The first-order valence-corrected chi connectivity index (χ1v) is 11.0. The smallest absolute Gasteiger partial charge is 0.335 e. The Morgan fingerprint density at radius 2 is 1.82 bits per heavy atom. The van der Waals surface area contributed by atoms with Crippen molar-refractivity contribution in [2.24, 2.45) is 0 Å². The summed E-state index contributed by atoms with van der Waals surface area (Å²) in [6.45, 7) is 2.38. The van der Waals surface area contributed by atoms with E-state index in [2.05, 4.69) is 15.0 Å². The van der Waals surface area contributed by atoms with Gasteiger partial charge in [-0.25, -0.2) is 13.9 Å². The Bertz CT molecular complexity index is 1220. The predicted molar refractivity (Wildman–Crippen MR) is 113 cm³/mol. The Morgan fingerprint density at radius 3 is 2.45 bits per heavy atom. The number of hydrogen-bond donors (Lipinski definition) is 0. The summed E-state index contributed by atoms with van der Waals surface area (Å²) in [4.78, 5) is 20.9. The highest BCUT2D eigenvalue weighted by atomic mass is 35.5. The third-order valence-corrected chi connectivity index (χ3v) is 6.37. The van der Waals surface area contributed by atoms with Crippen LogP contribution >= 0.6 is 11.6 Å². The minimum absolute atomic E-state index is 0.0275. The quantitative estimate of drug-likeness (QED) is 0.519. The highest BCUT2D eigenvalue weighted by molar-refractivity contribution is 6.31. The second kappa shape index (κ2) is 8.25. The van der Waals surface area contributed by atoms with E-state index in [4.69, 9.17) is 11.6 Å². The minimum Gasteiger partial charge on any atom is -0.335 e. The molecule has 0 N–H and O–H groups in total. The maximum absolute atomic E-state index is 13.6. The summed E-state index contributed by atoms with van der Waals surface area (Å²) in [6, 6.07) is 6.60. The molecule has 174 valence electrons. The molecule has 6 nitrogen and oxygen atoms in total. The number of carbonyl (C=O) groups is 1. The molecule has 2 fully saturated rings. The predicted octanol–water partition coefficient (Wildman–Crippen LogP) is 4.38. The summed E-state index contributed by atoms with van der Waals surface area (Å²) >= 11 is 6.10. The van der Waals surface area contributed by atoms with Crippen molar-refractivity contribution in [1.29, 1.82) is 0 Å². The number of carbonyl (C=O) groups excluding carboxylic acids is 1. The lowest BCUT2D eigenvalue weighted by Crippen LogP contribution is -2.48. The molecule has 5 rings (SSSR count). The van der Waals surface area contributed by atoms with E-state index in [0.29, 0.717) is 48.0 Å². The summed E-state index contributed by atoms with van der Waals surface area (Å²) in [5.41, 5.74) is 0.224. The number of hydrogen-bond acceptors (Lipinski definition) is 4. The minimum atomic E-state index is -4.61. The summed E-state index contributed by atoms with van der Waals surface area (Å²) in [5.74, 6) is -0.798. The number of nitrogens with zero attached hydrogens (tertiary/aromatic N) is 5. The second-order valence-electron chi connectivity index (χ2n) is 8.44. The van der Waals surface area contributed by atoms with Crippen molar-refractivity contribution in [3.63, 3.8) is 0 Å². The van der Waals surface area contributed by atoms with Crippen LogP contribution < -0.4 is 0 Å². The molecule has 0 unspecified atom stereocenters. The average molecular weight is 482 g/mol. The van der Waals surface area contributed by atoms with Gasteiger partial charge < -0.3 is 4.90 Å². The van der Waals surface area contributed by atoms with Crippen molar-refractivity contribution in [1.82, 2.24) is 24.4 Å².